The Hall–Kier alpha value is -1.06. The van der Waals surface area contributed by atoms with Gasteiger partial charge in [-0.2, -0.15) is 0 Å². The number of ether oxygens (including phenoxy) is 1. The molecule has 0 N–H and O–H groups in total. The number of fused-ring (bicyclic) bond motifs is 1. The molecule has 0 fully saturated rings. The fourth-order valence-corrected chi connectivity index (χ4v) is 3.66. The Bertz CT molecular complexity index is 497. The number of likely N-dealkylation sites (N-methyl/N-ethyl adjacent to an activating group) is 1. The van der Waals surface area contributed by atoms with E-state index in [1.54, 1.807) is 0 Å². The summed E-state index contributed by atoms with van der Waals surface area (Å²) in [5, 5.41) is 0. The molecular formula is C20H34N2O. The topological polar surface area (TPSA) is 15.7 Å². The number of nitrogens with zero attached hydrogens (tertiary/aromatic N) is 2. The third kappa shape index (κ3) is 4.27. The van der Waals surface area contributed by atoms with Crippen LogP contribution >= 0.6 is 0 Å². The first-order valence-electron chi connectivity index (χ1n) is 9.40. The molecule has 1 aromatic carbocycles. The Morgan fingerprint density at radius 3 is 2.39 bits per heavy atom. The number of rotatable bonds is 8. The van der Waals surface area contributed by atoms with Crippen molar-refractivity contribution in [2.45, 2.75) is 66.6 Å². The van der Waals surface area contributed by atoms with Gasteiger partial charge in [-0.3, -0.25) is 9.80 Å². The van der Waals surface area contributed by atoms with Gasteiger partial charge in [0, 0.05) is 24.7 Å². The first-order valence-corrected chi connectivity index (χ1v) is 9.40. The lowest BCUT2D eigenvalue weighted by Crippen LogP contribution is -2.39. The van der Waals surface area contributed by atoms with Crippen molar-refractivity contribution in [3.05, 3.63) is 28.8 Å². The molecule has 1 aliphatic heterocycles. The normalized spacial score (nSPS) is 18.3. The van der Waals surface area contributed by atoms with Crippen LogP contribution in [-0.2, 0) is 19.5 Å². The van der Waals surface area contributed by atoms with Gasteiger partial charge < -0.3 is 4.74 Å². The van der Waals surface area contributed by atoms with Crippen molar-refractivity contribution in [3.63, 3.8) is 0 Å². The van der Waals surface area contributed by atoms with Crippen molar-refractivity contribution in [3.8, 4) is 5.75 Å². The van der Waals surface area contributed by atoms with Crippen LogP contribution in [0.5, 0.6) is 5.75 Å². The monoisotopic (exact) mass is 318 g/mol. The van der Waals surface area contributed by atoms with E-state index >= 15 is 0 Å². The molecule has 3 heteroatoms. The van der Waals surface area contributed by atoms with E-state index in [9.17, 15) is 0 Å². The van der Waals surface area contributed by atoms with Gasteiger partial charge in [0.1, 0.15) is 5.75 Å². The molecule has 1 unspecified atom stereocenters. The van der Waals surface area contributed by atoms with Crippen molar-refractivity contribution in [2.24, 2.45) is 0 Å². The summed E-state index contributed by atoms with van der Waals surface area (Å²) < 4.78 is 5.97. The summed E-state index contributed by atoms with van der Waals surface area (Å²) in [5.74, 6) is 1.09. The van der Waals surface area contributed by atoms with Crippen LogP contribution in [-0.4, -0.2) is 42.1 Å². The zero-order valence-corrected chi connectivity index (χ0v) is 15.7. The molecule has 1 aliphatic rings. The van der Waals surface area contributed by atoms with E-state index in [1.165, 1.54) is 29.5 Å². The van der Waals surface area contributed by atoms with Crippen LogP contribution in [0.1, 0.15) is 57.7 Å². The predicted molar refractivity (Wildman–Crippen MR) is 98.1 cm³/mol. The first kappa shape index (κ1) is 18.3. The van der Waals surface area contributed by atoms with Gasteiger partial charge in [0.25, 0.3) is 0 Å². The Morgan fingerprint density at radius 1 is 1.09 bits per heavy atom. The lowest BCUT2D eigenvalue weighted by Gasteiger charge is -2.36. The molecule has 0 radical (unpaired) electrons. The molecule has 0 amide bonds. The molecule has 0 aromatic heterocycles. The predicted octanol–water partition coefficient (Wildman–Crippen LogP) is 4.08. The Labute approximate surface area is 142 Å². The van der Waals surface area contributed by atoms with Crippen molar-refractivity contribution in [1.82, 2.24) is 9.80 Å². The lowest BCUT2D eigenvalue weighted by atomic mass is 9.90. The fraction of sp³-hybridized carbons (Fsp3) is 0.700. The maximum absolute atomic E-state index is 5.97. The highest BCUT2D eigenvalue weighted by Gasteiger charge is 2.25. The highest BCUT2D eigenvalue weighted by molar-refractivity contribution is 5.44. The van der Waals surface area contributed by atoms with Gasteiger partial charge in [-0.1, -0.05) is 33.8 Å². The summed E-state index contributed by atoms with van der Waals surface area (Å²) >= 11 is 0. The highest BCUT2D eigenvalue weighted by Crippen LogP contribution is 2.31. The average molecular weight is 319 g/mol. The van der Waals surface area contributed by atoms with E-state index in [1.807, 2.05) is 0 Å². The fourth-order valence-electron chi connectivity index (χ4n) is 3.66. The maximum Gasteiger partial charge on any atom is 0.124 e. The third-order valence-corrected chi connectivity index (χ3v) is 5.19. The molecule has 0 aliphatic carbocycles. The van der Waals surface area contributed by atoms with E-state index in [4.69, 9.17) is 4.74 Å². The molecular weight excluding hydrogens is 284 g/mol. The number of hydrogen-bond acceptors (Lipinski definition) is 3. The summed E-state index contributed by atoms with van der Waals surface area (Å²) in [6.07, 6.45) is 2.41. The van der Waals surface area contributed by atoms with Crippen LogP contribution in [0.4, 0.5) is 0 Å². The minimum absolute atomic E-state index is 0.687. The van der Waals surface area contributed by atoms with Crippen molar-refractivity contribution in [2.75, 3.05) is 26.2 Å². The van der Waals surface area contributed by atoms with Gasteiger partial charge >= 0.3 is 0 Å². The quantitative estimate of drug-likeness (QED) is 0.718. The molecule has 0 bridgehead atoms. The molecule has 23 heavy (non-hydrogen) atoms. The summed E-state index contributed by atoms with van der Waals surface area (Å²) in [6, 6.07) is 5.42. The standard InChI is InChI=1S/C20H34N2O/c1-6-19-12-16-11-18(14-21(7-2)8-3)20(23-10-5)13-17(16)15-22(19)9-4/h11,13,19H,6-10,12,14-15H2,1-5H3. The van der Waals surface area contributed by atoms with Crippen LogP contribution in [0.3, 0.4) is 0 Å². The Kier molecular flexibility index (Phi) is 6.91. The van der Waals surface area contributed by atoms with Gasteiger partial charge in [0.15, 0.2) is 0 Å². The Morgan fingerprint density at radius 2 is 1.83 bits per heavy atom. The zero-order valence-electron chi connectivity index (χ0n) is 15.7. The van der Waals surface area contributed by atoms with E-state index in [0.29, 0.717) is 6.04 Å². The van der Waals surface area contributed by atoms with Crippen LogP contribution in [0, 0.1) is 0 Å². The molecule has 1 atom stereocenters. The minimum Gasteiger partial charge on any atom is -0.494 e. The number of benzene rings is 1. The molecule has 0 saturated carbocycles. The molecule has 130 valence electrons. The molecule has 0 saturated heterocycles. The van der Waals surface area contributed by atoms with Crippen LogP contribution in [0.2, 0.25) is 0 Å². The third-order valence-electron chi connectivity index (χ3n) is 5.19. The van der Waals surface area contributed by atoms with Crippen molar-refractivity contribution in [1.29, 1.82) is 0 Å². The van der Waals surface area contributed by atoms with Gasteiger partial charge in [0.05, 0.1) is 6.61 Å². The van der Waals surface area contributed by atoms with E-state index < -0.39 is 0 Å². The highest BCUT2D eigenvalue weighted by atomic mass is 16.5. The first-order chi connectivity index (χ1) is 11.2. The SMILES string of the molecule is CCOc1cc2c(cc1CN(CC)CC)CC(CC)N(CC)C2. The van der Waals surface area contributed by atoms with Crippen molar-refractivity contribution >= 4 is 0 Å². The molecule has 1 heterocycles. The van der Waals surface area contributed by atoms with Gasteiger partial charge in [-0.25, -0.2) is 0 Å². The Balaban J connectivity index is 2.33. The van der Waals surface area contributed by atoms with Gasteiger partial charge in [-0.05, 0) is 56.6 Å². The van der Waals surface area contributed by atoms with Crippen LogP contribution in [0.15, 0.2) is 12.1 Å². The van der Waals surface area contributed by atoms with E-state index in [2.05, 4.69) is 56.6 Å². The van der Waals surface area contributed by atoms with E-state index in [-0.39, 0.29) is 0 Å². The summed E-state index contributed by atoms with van der Waals surface area (Å²) in [6.45, 7) is 17.2. The second-order valence-electron chi connectivity index (χ2n) is 6.45. The second kappa shape index (κ2) is 8.70. The molecule has 1 aromatic rings. The largest absolute Gasteiger partial charge is 0.494 e. The average Bonchev–Trinajstić information content (AvgIpc) is 2.58. The van der Waals surface area contributed by atoms with Crippen LogP contribution < -0.4 is 4.74 Å². The lowest BCUT2D eigenvalue weighted by molar-refractivity contribution is 0.175. The van der Waals surface area contributed by atoms with Crippen LogP contribution in [0.25, 0.3) is 0 Å². The molecule has 2 rings (SSSR count). The smallest absolute Gasteiger partial charge is 0.124 e. The van der Waals surface area contributed by atoms with Crippen molar-refractivity contribution < 1.29 is 4.74 Å². The molecule has 3 nitrogen and oxygen atoms in total. The van der Waals surface area contributed by atoms with Gasteiger partial charge in [-0.15, -0.1) is 0 Å². The maximum atomic E-state index is 5.97. The number of hydrogen-bond donors (Lipinski definition) is 0. The molecule has 0 spiro atoms. The van der Waals surface area contributed by atoms with Gasteiger partial charge in [0.2, 0.25) is 0 Å². The van der Waals surface area contributed by atoms with E-state index in [0.717, 1.165) is 45.1 Å². The summed E-state index contributed by atoms with van der Waals surface area (Å²) in [5.41, 5.74) is 4.35. The minimum atomic E-state index is 0.687. The summed E-state index contributed by atoms with van der Waals surface area (Å²) in [4.78, 5) is 5.06. The summed E-state index contributed by atoms with van der Waals surface area (Å²) in [7, 11) is 0. The zero-order chi connectivity index (χ0) is 16.8. The second-order valence-corrected chi connectivity index (χ2v) is 6.45.